The van der Waals surface area contributed by atoms with Crippen molar-refractivity contribution in [3.05, 3.63) is 46.6 Å². The molecule has 1 saturated heterocycles. The molecule has 1 aromatic carbocycles. The molecule has 1 unspecified atom stereocenters. The summed E-state index contributed by atoms with van der Waals surface area (Å²) in [6.07, 6.45) is 1.31. The fourth-order valence-electron chi connectivity index (χ4n) is 3.63. The Hall–Kier alpha value is -3.36. The average Bonchev–Trinajstić information content (AvgIpc) is 3.15. The molecule has 28 heavy (non-hydrogen) atoms. The second-order valence-electron chi connectivity index (χ2n) is 6.94. The zero-order valence-corrected chi connectivity index (χ0v) is 15.7. The van der Waals surface area contributed by atoms with Crippen LogP contribution in [0.3, 0.4) is 0 Å². The van der Waals surface area contributed by atoms with E-state index in [9.17, 15) is 14.4 Å². The van der Waals surface area contributed by atoms with Gasteiger partial charge in [0, 0.05) is 19.7 Å². The van der Waals surface area contributed by atoms with Crippen molar-refractivity contribution in [2.45, 2.75) is 32.4 Å². The normalized spacial score (nSPS) is 17.3. The maximum Gasteiger partial charge on any atom is 0.420 e. The quantitative estimate of drug-likeness (QED) is 0.723. The highest BCUT2D eigenvalue weighted by atomic mass is 16.4. The summed E-state index contributed by atoms with van der Waals surface area (Å²) in [5.41, 5.74) is 1.79. The van der Waals surface area contributed by atoms with E-state index in [4.69, 9.17) is 4.42 Å². The second-order valence-corrected chi connectivity index (χ2v) is 6.94. The minimum atomic E-state index is -0.634. The number of aromatic nitrogens is 3. The number of carbonyl (C=O) groups is 2. The molecule has 1 atom stereocenters. The second kappa shape index (κ2) is 6.99. The molecule has 1 N–H and O–H groups in total. The molecule has 2 amide bonds. The maximum absolute atomic E-state index is 12.9. The van der Waals surface area contributed by atoms with Crippen molar-refractivity contribution < 1.29 is 14.0 Å². The molecule has 0 saturated carbocycles. The van der Waals surface area contributed by atoms with E-state index in [1.807, 2.05) is 13.0 Å². The van der Waals surface area contributed by atoms with Crippen molar-refractivity contribution in [1.29, 1.82) is 0 Å². The molecule has 0 spiro atoms. The standard InChI is InChI=1S/C19H21N5O4/c1-12-10-17(22(2)21-12)23-9-5-6-13(18(23)26)20-16(25)11-24-14-7-3-4-8-15(14)28-19(24)27/h3-4,7-8,10,13H,5-6,9,11H2,1-2H3,(H,20,25). The number of aryl methyl sites for hydroxylation is 2. The molecule has 2 aromatic heterocycles. The Bertz CT molecular complexity index is 1110. The Balaban J connectivity index is 1.49. The van der Waals surface area contributed by atoms with Gasteiger partial charge in [0.05, 0.1) is 11.2 Å². The number of nitrogens with one attached hydrogen (secondary N) is 1. The van der Waals surface area contributed by atoms with Crippen LogP contribution in [0, 0.1) is 6.92 Å². The third-order valence-electron chi connectivity index (χ3n) is 4.90. The van der Waals surface area contributed by atoms with E-state index in [-0.39, 0.29) is 12.5 Å². The molecule has 0 radical (unpaired) electrons. The van der Waals surface area contributed by atoms with Crippen LogP contribution >= 0.6 is 0 Å². The molecule has 0 bridgehead atoms. The first kappa shape index (κ1) is 18.0. The molecule has 0 aliphatic carbocycles. The van der Waals surface area contributed by atoms with Crippen molar-refractivity contribution in [2.24, 2.45) is 7.05 Å². The molecule has 1 aliphatic heterocycles. The smallest absolute Gasteiger partial charge is 0.408 e. The lowest BCUT2D eigenvalue weighted by Crippen LogP contribution is -2.53. The molecular formula is C19H21N5O4. The van der Waals surface area contributed by atoms with E-state index in [1.54, 1.807) is 40.9 Å². The molecule has 3 aromatic rings. The van der Waals surface area contributed by atoms with Crippen LogP contribution in [0.5, 0.6) is 0 Å². The van der Waals surface area contributed by atoms with Crippen LogP contribution in [0.25, 0.3) is 11.1 Å². The van der Waals surface area contributed by atoms with E-state index in [0.717, 1.165) is 12.1 Å². The third kappa shape index (κ3) is 3.19. The first-order valence-electron chi connectivity index (χ1n) is 9.14. The molecule has 1 aliphatic rings. The van der Waals surface area contributed by atoms with E-state index in [2.05, 4.69) is 10.4 Å². The number of piperidine rings is 1. The Labute approximate surface area is 160 Å². The minimum Gasteiger partial charge on any atom is -0.408 e. The molecule has 1 fully saturated rings. The van der Waals surface area contributed by atoms with Crippen LogP contribution in [0.4, 0.5) is 5.82 Å². The summed E-state index contributed by atoms with van der Waals surface area (Å²) in [6, 6.07) is 8.12. The van der Waals surface area contributed by atoms with Crippen molar-refractivity contribution in [2.75, 3.05) is 11.4 Å². The number of rotatable bonds is 4. The monoisotopic (exact) mass is 383 g/mol. The molecule has 146 valence electrons. The van der Waals surface area contributed by atoms with Crippen LogP contribution < -0.4 is 16.0 Å². The highest BCUT2D eigenvalue weighted by Gasteiger charge is 2.32. The summed E-state index contributed by atoms with van der Waals surface area (Å²) in [6.45, 7) is 2.24. The summed E-state index contributed by atoms with van der Waals surface area (Å²) < 4.78 is 8.07. The minimum absolute atomic E-state index is 0.174. The van der Waals surface area contributed by atoms with Crippen LogP contribution in [0.1, 0.15) is 18.5 Å². The van der Waals surface area contributed by atoms with Gasteiger partial charge in [-0.25, -0.2) is 4.79 Å². The lowest BCUT2D eigenvalue weighted by Gasteiger charge is -2.32. The Morgan fingerprint density at radius 3 is 2.86 bits per heavy atom. The number of hydrogen-bond donors (Lipinski definition) is 1. The van der Waals surface area contributed by atoms with Gasteiger partial charge >= 0.3 is 5.76 Å². The van der Waals surface area contributed by atoms with Crippen LogP contribution in [-0.2, 0) is 23.2 Å². The van der Waals surface area contributed by atoms with Gasteiger partial charge in [-0.05, 0) is 31.9 Å². The third-order valence-corrected chi connectivity index (χ3v) is 4.90. The number of benzene rings is 1. The van der Waals surface area contributed by atoms with Crippen LogP contribution in [0.2, 0.25) is 0 Å². The van der Waals surface area contributed by atoms with Gasteiger partial charge in [-0.15, -0.1) is 0 Å². The van der Waals surface area contributed by atoms with Gasteiger partial charge in [-0.3, -0.25) is 23.7 Å². The lowest BCUT2D eigenvalue weighted by atomic mass is 10.0. The largest absolute Gasteiger partial charge is 0.420 e. The molecule has 4 rings (SSSR count). The molecule has 3 heterocycles. The molecular weight excluding hydrogens is 362 g/mol. The number of para-hydroxylation sites is 2. The SMILES string of the molecule is Cc1cc(N2CCCC(NC(=O)Cn3c(=O)oc4ccccc43)C2=O)n(C)n1. The molecule has 9 heteroatoms. The van der Waals surface area contributed by atoms with Crippen LogP contribution in [-0.4, -0.2) is 38.7 Å². The number of anilines is 1. The zero-order chi connectivity index (χ0) is 19.8. The lowest BCUT2D eigenvalue weighted by molar-refractivity contribution is -0.128. The fraction of sp³-hybridized carbons (Fsp3) is 0.368. The van der Waals surface area contributed by atoms with Crippen molar-refractivity contribution in [3.63, 3.8) is 0 Å². The van der Waals surface area contributed by atoms with E-state index in [0.29, 0.717) is 29.9 Å². The number of nitrogens with zero attached hydrogens (tertiary/aromatic N) is 4. The Kier molecular flexibility index (Phi) is 4.50. The topological polar surface area (TPSA) is 102 Å². The van der Waals surface area contributed by atoms with Crippen molar-refractivity contribution >= 4 is 28.7 Å². The van der Waals surface area contributed by atoms with Gasteiger partial charge in [-0.2, -0.15) is 5.10 Å². The zero-order valence-electron chi connectivity index (χ0n) is 15.7. The number of oxazole rings is 1. The van der Waals surface area contributed by atoms with E-state index < -0.39 is 17.7 Å². The summed E-state index contributed by atoms with van der Waals surface area (Å²) in [7, 11) is 1.79. The molecule has 9 nitrogen and oxygen atoms in total. The predicted molar refractivity (Wildman–Crippen MR) is 102 cm³/mol. The first-order valence-corrected chi connectivity index (χ1v) is 9.14. The highest BCUT2D eigenvalue weighted by molar-refractivity contribution is 5.99. The predicted octanol–water partition coefficient (Wildman–Crippen LogP) is 0.948. The Morgan fingerprint density at radius 2 is 2.11 bits per heavy atom. The average molecular weight is 383 g/mol. The highest BCUT2D eigenvalue weighted by Crippen LogP contribution is 2.21. The van der Waals surface area contributed by atoms with Crippen LogP contribution in [0.15, 0.2) is 39.5 Å². The van der Waals surface area contributed by atoms with Crippen molar-refractivity contribution in [1.82, 2.24) is 19.7 Å². The fourth-order valence-corrected chi connectivity index (χ4v) is 3.63. The number of amides is 2. The van der Waals surface area contributed by atoms with Gasteiger partial charge in [-0.1, -0.05) is 12.1 Å². The summed E-state index contributed by atoms with van der Waals surface area (Å²) in [4.78, 5) is 39.1. The Morgan fingerprint density at radius 1 is 1.32 bits per heavy atom. The van der Waals surface area contributed by atoms with E-state index in [1.165, 1.54) is 4.57 Å². The summed E-state index contributed by atoms with van der Waals surface area (Å²) in [5, 5.41) is 7.05. The van der Waals surface area contributed by atoms with Gasteiger partial charge < -0.3 is 9.73 Å². The van der Waals surface area contributed by atoms with Crippen molar-refractivity contribution in [3.8, 4) is 0 Å². The summed E-state index contributed by atoms with van der Waals surface area (Å²) in [5.74, 6) is -0.473. The maximum atomic E-state index is 12.9. The van der Waals surface area contributed by atoms with Gasteiger partial charge in [0.15, 0.2) is 5.58 Å². The van der Waals surface area contributed by atoms with E-state index >= 15 is 0 Å². The first-order chi connectivity index (χ1) is 13.4. The number of carbonyl (C=O) groups excluding carboxylic acids is 2. The van der Waals surface area contributed by atoms with Gasteiger partial charge in [0.1, 0.15) is 18.4 Å². The van der Waals surface area contributed by atoms with Gasteiger partial charge in [0.2, 0.25) is 5.91 Å². The van der Waals surface area contributed by atoms with Gasteiger partial charge in [0.25, 0.3) is 5.91 Å². The summed E-state index contributed by atoms with van der Waals surface area (Å²) >= 11 is 0. The number of fused-ring (bicyclic) bond motifs is 1. The number of hydrogen-bond acceptors (Lipinski definition) is 5.